The molecule has 2 rings (SSSR count). The highest BCUT2D eigenvalue weighted by atomic mass is 32.1. The number of nitriles is 1. The van der Waals surface area contributed by atoms with E-state index in [2.05, 4.69) is 42.3 Å². The van der Waals surface area contributed by atoms with E-state index in [1.807, 2.05) is 12.1 Å². The van der Waals surface area contributed by atoms with Gasteiger partial charge in [-0.05, 0) is 49.6 Å². The van der Waals surface area contributed by atoms with E-state index >= 15 is 0 Å². The minimum Gasteiger partial charge on any atom is -0.492 e. The summed E-state index contributed by atoms with van der Waals surface area (Å²) in [6.45, 7) is 6.90. The molecular weight excluding hydrogens is 280 g/mol. The predicted octanol–water partition coefficient (Wildman–Crippen LogP) is 3.91. The Labute approximate surface area is 130 Å². The van der Waals surface area contributed by atoms with Crippen LogP contribution in [0.1, 0.15) is 24.3 Å². The Balaban J connectivity index is 1.82. The van der Waals surface area contributed by atoms with E-state index in [1.165, 1.54) is 4.88 Å². The van der Waals surface area contributed by atoms with Gasteiger partial charge in [-0.15, -0.1) is 11.3 Å². The third-order valence-electron chi connectivity index (χ3n) is 3.30. The lowest BCUT2D eigenvalue weighted by molar-refractivity contribution is 0.170. The molecule has 0 spiro atoms. The highest BCUT2D eigenvalue weighted by molar-refractivity contribution is 7.09. The van der Waals surface area contributed by atoms with Crippen LogP contribution in [-0.2, 0) is 6.54 Å². The zero-order chi connectivity index (χ0) is 15.1. The van der Waals surface area contributed by atoms with E-state index in [4.69, 9.17) is 10.00 Å². The first kappa shape index (κ1) is 15.6. The van der Waals surface area contributed by atoms with Crippen LogP contribution < -0.4 is 4.74 Å². The topological polar surface area (TPSA) is 36.3 Å². The largest absolute Gasteiger partial charge is 0.492 e. The Kier molecular flexibility index (Phi) is 5.79. The van der Waals surface area contributed by atoms with Crippen molar-refractivity contribution in [2.24, 2.45) is 0 Å². The quantitative estimate of drug-likeness (QED) is 0.778. The number of hydrogen-bond acceptors (Lipinski definition) is 4. The molecule has 0 atom stereocenters. The number of nitrogens with zero attached hydrogens (tertiary/aromatic N) is 2. The lowest BCUT2D eigenvalue weighted by atomic mass is 10.2. The van der Waals surface area contributed by atoms with Crippen LogP contribution in [0.4, 0.5) is 0 Å². The van der Waals surface area contributed by atoms with Crippen LogP contribution >= 0.6 is 11.3 Å². The fourth-order valence-electron chi connectivity index (χ4n) is 2.03. The van der Waals surface area contributed by atoms with Crippen LogP contribution in [0.2, 0.25) is 0 Å². The maximum atomic E-state index is 8.76. The number of rotatable bonds is 7. The second-order valence-electron chi connectivity index (χ2n) is 5.13. The van der Waals surface area contributed by atoms with Crippen LogP contribution in [0.15, 0.2) is 41.8 Å². The van der Waals surface area contributed by atoms with Gasteiger partial charge in [-0.2, -0.15) is 5.26 Å². The van der Waals surface area contributed by atoms with Gasteiger partial charge in [0.25, 0.3) is 0 Å². The van der Waals surface area contributed by atoms with Crippen molar-refractivity contribution in [3.63, 3.8) is 0 Å². The molecule has 0 aliphatic heterocycles. The maximum absolute atomic E-state index is 8.76. The lowest BCUT2D eigenvalue weighted by Gasteiger charge is -2.25. The summed E-state index contributed by atoms with van der Waals surface area (Å²) in [7, 11) is 0. The molecule has 0 saturated heterocycles. The first-order valence-corrected chi connectivity index (χ1v) is 7.96. The maximum Gasteiger partial charge on any atom is 0.119 e. The van der Waals surface area contributed by atoms with Gasteiger partial charge in [0.05, 0.1) is 11.6 Å². The van der Waals surface area contributed by atoms with Crippen molar-refractivity contribution < 1.29 is 4.74 Å². The number of benzene rings is 1. The molecule has 4 heteroatoms. The Morgan fingerprint density at radius 3 is 2.57 bits per heavy atom. The molecule has 0 N–H and O–H groups in total. The fourth-order valence-corrected chi connectivity index (χ4v) is 2.76. The molecule has 0 amide bonds. The Bertz CT molecular complexity index is 570. The van der Waals surface area contributed by atoms with Crippen molar-refractivity contribution in [2.75, 3.05) is 13.2 Å². The van der Waals surface area contributed by atoms with Gasteiger partial charge >= 0.3 is 0 Å². The highest BCUT2D eigenvalue weighted by Crippen LogP contribution is 2.15. The second kappa shape index (κ2) is 7.82. The minimum atomic E-state index is 0.483. The predicted molar refractivity (Wildman–Crippen MR) is 86.5 cm³/mol. The number of hydrogen-bond donors (Lipinski definition) is 0. The zero-order valence-electron chi connectivity index (χ0n) is 12.5. The molecule has 1 aromatic carbocycles. The zero-order valence-corrected chi connectivity index (χ0v) is 13.3. The van der Waals surface area contributed by atoms with Gasteiger partial charge in [-0.1, -0.05) is 6.07 Å². The van der Waals surface area contributed by atoms with Gasteiger partial charge in [-0.3, -0.25) is 4.90 Å². The van der Waals surface area contributed by atoms with Gasteiger partial charge < -0.3 is 4.74 Å². The molecule has 0 aliphatic rings. The molecule has 2 aromatic rings. The van der Waals surface area contributed by atoms with Crippen LogP contribution in [0.3, 0.4) is 0 Å². The van der Waals surface area contributed by atoms with Crippen molar-refractivity contribution in [3.05, 3.63) is 52.2 Å². The first-order chi connectivity index (χ1) is 10.2. The smallest absolute Gasteiger partial charge is 0.119 e. The van der Waals surface area contributed by atoms with Crippen molar-refractivity contribution in [1.82, 2.24) is 4.90 Å². The summed E-state index contributed by atoms with van der Waals surface area (Å²) in [5, 5.41) is 10.9. The van der Waals surface area contributed by atoms with Crippen molar-refractivity contribution in [1.29, 1.82) is 5.26 Å². The molecule has 0 fully saturated rings. The van der Waals surface area contributed by atoms with E-state index in [1.54, 1.807) is 23.5 Å². The molecular formula is C17H20N2OS. The SMILES string of the molecule is CC(C)N(CCOc1ccc(C#N)cc1)Cc1cccs1. The summed E-state index contributed by atoms with van der Waals surface area (Å²) in [4.78, 5) is 3.78. The minimum absolute atomic E-state index is 0.483. The standard InChI is InChI=1S/C17H20N2OS/c1-14(2)19(13-17-4-3-11-21-17)9-10-20-16-7-5-15(12-18)6-8-16/h3-8,11,14H,9-10,13H2,1-2H3. The molecule has 3 nitrogen and oxygen atoms in total. The third-order valence-corrected chi connectivity index (χ3v) is 4.16. The van der Waals surface area contributed by atoms with Crippen molar-refractivity contribution in [2.45, 2.75) is 26.4 Å². The van der Waals surface area contributed by atoms with E-state index in [-0.39, 0.29) is 0 Å². The van der Waals surface area contributed by atoms with Gasteiger partial charge in [0.2, 0.25) is 0 Å². The summed E-state index contributed by atoms with van der Waals surface area (Å²) in [5.41, 5.74) is 0.656. The van der Waals surface area contributed by atoms with Crippen molar-refractivity contribution >= 4 is 11.3 Å². The number of thiophene rings is 1. The van der Waals surface area contributed by atoms with Gasteiger partial charge in [0.15, 0.2) is 0 Å². The summed E-state index contributed by atoms with van der Waals surface area (Å²) < 4.78 is 5.76. The molecule has 0 saturated carbocycles. The Hall–Kier alpha value is -1.83. The molecule has 0 aliphatic carbocycles. The summed E-state index contributed by atoms with van der Waals surface area (Å²) in [6, 6.07) is 14.1. The van der Waals surface area contributed by atoms with E-state index in [0.29, 0.717) is 18.2 Å². The third kappa shape index (κ3) is 4.89. The van der Waals surface area contributed by atoms with Crippen molar-refractivity contribution in [3.8, 4) is 11.8 Å². The highest BCUT2D eigenvalue weighted by Gasteiger charge is 2.10. The van der Waals surface area contributed by atoms with E-state index in [9.17, 15) is 0 Å². The van der Waals surface area contributed by atoms with Gasteiger partial charge in [0.1, 0.15) is 12.4 Å². The molecule has 21 heavy (non-hydrogen) atoms. The molecule has 0 unspecified atom stereocenters. The van der Waals surface area contributed by atoms with Gasteiger partial charge in [-0.25, -0.2) is 0 Å². The average molecular weight is 300 g/mol. The van der Waals surface area contributed by atoms with E-state index in [0.717, 1.165) is 18.8 Å². The van der Waals surface area contributed by atoms with Crippen LogP contribution in [0, 0.1) is 11.3 Å². The molecule has 1 aromatic heterocycles. The Morgan fingerprint density at radius 2 is 2.00 bits per heavy atom. The molecule has 0 radical (unpaired) electrons. The monoisotopic (exact) mass is 300 g/mol. The molecule has 110 valence electrons. The lowest BCUT2D eigenvalue weighted by Crippen LogP contribution is -2.33. The fraction of sp³-hybridized carbons (Fsp3) is 0.353. The van der Waals surface area contributed by atoms with Crippen LogP contribution in [0.5, 0.6) is 5.75 Å². The van der Waals surface area contributed by atoms with E-state index < -0.39 is 0 Å². The summed E-state index contributed by atoms with van der Waals surface area (Å²) in [5.74, 6) is 0.814. The Morgan fingerprint density at radius 1 is 1.24 bits per heavy atom. The average Bonchev–Trinajstić information content (AvgIpc) is 3.00. The molecule has 1 heterocycles. The number of ether oxygens (including phenoxy) is 1. The van der Waals surface area contributed by atoms with Gasteiger partial charge in [0, 0.05) is 24.0 Å². The summed E-state index contributed by atoms with van der Waals surface area (Å²) in [6.07, 6.45) is 0. The van der Waals surface area contributed by atoms with Crippen LogP contribution in [-0.4, -0.2) is 24.1 Å². The summed E-state index contributed by atoms with van der Waals surface area (Å²) >= 11 is 1.79. The molecule has 0 bridgehead atoms. The second-order valence-corrected chi connectivity index (χ2v) is 6.16. The normalized spacial score (nSPS) is 10.8. The van der Waals surface area contributed by atoms with Crippen LogP contribution in [0.25, 0.3) is 0 Å². The first-order valence-electron chi connectivity index (χ1n) is 7.08.